The third-order valence-electron chi connectivity index (χ3n) is 2.97. The number of hydrogen-bond donors (Lipinski definition) is 5. The first kappa shape index (κ1) is 38.9. The van der Waals surface area contributed by atoms with Crippen molar-refractivity contribution in [2.45, 2.75) is 91.9 Å². The number of aliphatic carboxylic acids is 3. The number of nitrogens with two attached hydrogens (primary N) is 1. The van der Waals surface area contributed by atoms with Crippen molar-refractivity contribution in [1.82, 2.24) is 5.32 Å². The summed E-state index contributed by atoms with van der Waals surface area (Å²) in [5, 5.41) is 25.0. The van der Waals surface area contributed by atoms with Gasteiger partial charge < -0.3 is 26.4 Å². The number of carbonyl (C=O) groups is 4. The fourth-order valence-electron chi connectivity index (χ4n) is 1.90. The van der Waals surface area contributed by atoms with Crippen LogP contribution in [-0.2, 0) is 36.2 Å². The van der Waals surface area contributed by atoms with E-state index in [1.165, 1.54) is 51.4 Å². The number of carbonyl (C=O) groups excluding carboxylic acids is 1. The first-order chi connectivity index (χ1) is 13.5. The van der Waals surface area contributed by atoms with Crippen LogP contribution in [0, 0.1) is 0 Å². The summed E-state index contributed by atoms with van der Waals surface area (Å²) in [7, 11) is 0. The molecule has 30 heavy (non-hydrogen) atoms. The predicted octanol–water partition coefficient (Wildman–Crippen LogP) is 3.25. The molecule has 6 N–H and O–H groups in total. The molecule has 0 fully saturated rings. The average Bonchev–Trinajstić information content (AvgIpc) is 2.57. The first-order valence-corrected chi connectivity index (χ1v) is 10.1. The van der Waals surface area contributed by atoms with E-state index in [2.05, 4.69) is 12.2 Å². The van der Waals surface area contributed by atoms with Gasteiger partial charge in [-0.1, -0.05) is 58.3 Å². The SMILES string of the molecule is CC(=O)O.CC(=O)O.CC(=O)O.CCCCCCCCCCCC(=O)NCCN.[Mn]. The third-order valence-corrected chi connectivity index (χ3v) is 2.97. The Morgan fingerprint density at radius 3 is 1.30 bits per heavy atom. The smallest absolute Gasteiger partial charge is 0.300 e. The summed E-state index contributed by atoms with van der Waals surface area (Å²) in [4.78, 5) is 38.2. The monoisotopic (exact) mass is 477 g/mol. The Balaban J connectivity index is -0.000000131. The molecule has 0 unspecified atom stereocenters. The minimum absolute atomic E-state index is 0. The van der Waals surface area contributed by atoms with Crippen molar-refractivity contribution >= 4 is 23.8 Å². The van der Waals surface area contributed by atoms with E-state index in [4.69, 9.17) is 35.4 Å². The maximum absolute atomic E-state index is 11.2. The molecule has 0 bridgehead atoms. The van der Waals surface area contributed by atoms with Gasteiger partial charge in [-0.25, -0.2) is 0 Å². The molecule has 0 saturated carbocycles. The Hall–Kier alpha value is -1.64. The van der Waals surface area contributed by atoms with Crippen molar-refractivity contribution < 1.29 is 51.6 Å². The van der Waals surface area contributed by atoms with Crippen molar-refractivity contribution in [2.24, 2.45) is 5.73 Å². The molecule has 0 aliphatic heterocycles. The topological polar surface area (TPSA) is 167 Å². The predicted molar refractivity (Wildman–Crippen MR) is 114 cm³/mol. The summed E-state index contributed by atoms with van der Waals surface area (Å²) < 4.78 is 0. The molecule has 9 nitrogen and oxygen atoms in total. The molecule has 0 aromatic carbocycles. The number of carboxylic acid groups (broad SMARTS) is 3. The van der Waals surface area contributed by atoms with Gasteiger partial charge in [0.05, 0.1) is 0 Å². The molecule has 0 aliphatic rings. The number of rotatable bonds is 12. The van der Waals surface area contributed by atoms with Gasteiger partial charge in [0.2, 0.25) is 5.91 Å². The first-order valence-electron chi connectivity index (χ1n) is 10.1. The molecule has 0 aromatic heterocycles. The van der Waals surface area contributed by atoms with Crippen molar-refractivity contribution in [3.05, 3.63) is 0 Å². The van der Waals surface area contributed by atoms with Gasteiger partial charge in [-0.3, -0.25) is 19.2 Å². The van der Waals surface area contributed by atoms with Crippen LogP contribution in [0.25, 0.3) is 0 Å². The van der Waals surface area contributed by atoms with Crippen LogP contribution in [0.15, 0.2) is 0 Å². The maximum Gasteiger partial charge on any atom is 0.300 e. The Labute approximate surface area is 191 Å². The molecule has 181 valence electrons. The Bertz CT molecular complexity index is 368. The second-order valence-electron chi connectivity index (χ2n) is 6.27. The molecule has 0 atom stereocenters. The van der Waals surface area contributed by atoms with E-state index >= 15 is 0 Å². The third kappa shape index (κ3) is 95.0. The van der Waals surface area contributed by atoms with Crippen LogP contribution in [0.5, 0.6) is 0 Å². The molecular formula is C20H42MnN2O7. The summed E-state index contributed by atoms with van der Waals surface area (Å²) in [6, 6.07) is 0. The molecule has 10 heteroatoms. The zero-order valence-electron chi connectivity index (χ0n) is 18.9. The second kappa shape index (κ2) is 34.8. The van der Waals surface area contributed by atoms with Gasteiger partial charge in [0, 0.05) is 57.4 Å². The van der Waals surface area contributed by atoms with Gasteiger partial charge in [-0.15, -0.1) is 0 Å². The van der Waals surface area contributed by atoms with E-state index in [0.29, 0.717) is 19.5 Å². The van der Waals surface area contributed by atoms with E-state index in [-0.39, 0.29) is 23.0 Å². The fourth-order valence-corrected chi connectivity index (χ4v) is 1.90. The summed E-state index contributed by atoms with van der Waals surface area (Å²) in [6.07, 6.45) is 12.3. The van der Waals surface area contributed by atoms with Gasteiger partial charge in [-0.05, 0) is 6.42 Å². The standard InChI is InChI=1S/C14H30N2O.3C2H4O2.Mn/c1-2-3-4-5-6-7-8-9-10-11-14(17)16-13-12-15;3*1-2(3)4;/h2-13,15H2,1H3,(H,16,17);3*1H3,(H,3,4);. The number of carboxylic acids is 3. The number of amides is 1. The van der Waals surface area contributed by atoms with E-state index in [1.807, 2.05) is 0 Å². The van der Waals surface area contributed by atoms with E-state index in [0.717, 1.165) is 27.2 Å². The molecule has 0 spiro atoms. The van der Waals surface area contributed by atoms with Gasteiger partial charge in [0.25, 0.3) is 17.9 Å². The minimum Gasteiger partial charge on any atom is -0.481 e. The van der Waals surface area contributed by atoms with Gasteiger partial charge in [0.1, 0.15) is 0 Å². The van der Waals surface area contributed by atoms with Crippen molar-refractivity contribution in [2.75, 3.05) is 13.1 Å². The number of nitrogens with one attached hydrogen (secondary N) is 1. The zero-order chi connectivity index (χ0) is 23.5. The Morgan fingerprint density at radius 1 is 0.700 bits per heavy atom. The molecular weight excluding hydrogens is 435 g/mol. The Morgan fingerprint density at radius 2 is 1.00 bits per heavy atom. The van der Waals surface area contributed by atoms with Gasteiger partial charge in [-0.2, -0.15) is 0 Å². The summed E-state index contributed by atoms with van der Waals surface area (Å²) >= 11 is 0. The van der Waals surface area contributed by atoms with Crippen LogP contribution in [0.3, 0.4) is 0 Å². The van der Waals surface area contributed by atoms with Crippen LogP contribution in [0.4, 0.5) is 0 Å². The van der Waals surface area contributed by atoms with Crippen LogP contribution >= 0.6 is 0 Å². The Kier molecular flexibility index (Phi) is 45.2. The van der Waals surface area contributed by atoms with E-state index in [1.54, 1.807) is 0 Å². The second-order valence-corrected chi connectivity index (χ2v) is 6.27. The summed E-state index contributed by atoms with van der Waals surface area (Å²) in [5.74, 6) is -2.35. The number of hydrogen-bond acceptors (Lipinski definition) is 5. The van der Waals surface area contributed by atoms with E-state index < -0.39 is 17.9 Å². The molecule has 1 amide bonds. The maximum atomic E-state index is 11.2. The summed E-state index contributed by atoms with van der Waals surface area (Å²) in [6.45, 7) is 6.63. The van der Waals surface area contributed by atoms with Crippen molar-refractivity contribution in [3.63, 3.8) is 0 Å². The fraction of sp³-hybridized carbons (Fsp3) is 0.800. The van der Waals surface area contributed by atoms with E-state index in [9.17, 15) is 4.79 Å². The average molecular weight is 478 g/mol. The van der Waals surface area contributed by atoms with Crippen LogP contribution in [0.2, 0.25) is 0 Å². The van der Waals surface area contributed by atoms with Crippen LogP contribution < -0.4 is 11.1 Å². The largest absolute Gasteiger partial charge is 0.481 e. The van der Waals surface area contributed by atoms with Crippen LogP contribution in [0.1, 0.15) is 91.9 Å². The zero-order valence-corrected chi connectivity index (χ0v) is 20.1. The number of unbranched alkanes of at least 4 members (excludes halogenated alkanes) is 8. The molecule has 0 heterocycles. The molecule has 1 radical (unpaired) electrons. The van der Waals surface area contributed by atoms with Crippen molar-refractivity contribution in [1.29, 1.82) is 0 Å². The quantitative estimate of drug-likeness (QED) is 0.211. The molecule has 0 rings (SSSR count). The van der Waals surface area contributed by atoms with Crippen molar-refractivity contribution in [3.8, 4) is 0 Å². The molecule has 0 aliphatic carbocycles. The molecule has 0 saturated heterocycles. The molecule has 0 aromatic rings. The normalized spacial score (nSPS) is 8.43. The summed E-state index contributed by atoms with van der Waals surface area (Å²) in [5.41, 5.74) is 5.31. The van der Waals surface area contributed by atoms with Gasteiger partial charge >= 0.3 is 0 Å². The van der Waals surface area contributed by atoms with Crippen LogP contribution in [-0.4, -0.2) is 52.2 Å². The minimum atomic E-state index is -0.833. The van der Waals surface area contributed by atoms with Gasteiger partial charge in [0.15, 0.2) is 0 Å².